The summed E-state index contributed by atoms with van der Waals surface area (Å²) in [5, 5.41) is 1.69. The summed E-state index contributed by atoms with van der Waals surface area (Å²) in [6, 6.07) is 20.7. The van der Waals surface area contributed by atoms with Crippen LogP contribution in [0, 0.1) is 33.1 Å². The van der Waals surface area contributed by atoms with Crippen LogP contribution in [0.5, 0.6) is 0 Å². The van der Waals surface area contributed by atoms with E-state index in [1.54, 1.807) is 5.30 Å². The van der Waals surface area contributed by atoms with Crippen molar-refractivity contribution in [3.8, 4) is 22.3 Å². The normalized spacial score (nSPS) is 18.4. The Balaban J connectivity index is 1.69. The molecule has 0 nitrogen and oxygen atoms in total. The fourth-order valence-corrected chi connectivity index (χ4v) is 9.81. The number of benzene rings is 3. The minimum absolute atomic E-state index is 0.147. The van der Waals surface area contributed by atoms with Crippen molar-refractivity contribution in [2.75, 3.05) is 12.3 Å². The Kier molecular flexibility index (Phi) is 6.02. The predicted molar refractivity (Wildman–Crippen MR) is 143 cm³/mol. The van der Waals surface area contributed by atoms with Gasteiger partial charge in [0, 0.05) is 0 Å². The topological polar surface area (TPSA) is 0 Å². The van der Waals surface area contributed by atoms with Gasteiger partial charge in [0.15, 0.2) is 0 Å². The Morgan fingerprint density at radius 2 is 0.969 bits per heavy atom. The maximum absolute atomic E-state index is 2.42. The van der Waals surface area contributed by atoms with Gasteiger partial charge in [0.1, 0.15) is 0 Å². The molecule has 1 saturated heterocycles. The van der Waals surface area contributed by atoms with Crippen LogP contribution in [0.1, 0.15) is 60.8 Å². The zero-order valence-corrected chi connectivity index (χ0v) is 21.2. The first-order valence-electron chi connectivity index (χ1n) is 12.5. The Morgan fingerprint density at radius 3 is 1.41 bits per heavy atom. The van der Waals surface area contributed by atoms with Crippen LogP contribution in [0.15, 0.2) is 54.6 Å². The molecule has 3 aromatic carbocycles. The predicted octanol–water partition coefficient (Wildman–Crippen LogP) is 8.72. The van der Waals surface area contributed by atoms with Crippen molar-refractivity contribution in [3.63, 3.8) is 0 Å². The molecule has 0 amide bonds. The molecule has 32 heavy (non-hydrogen) atoms. The molecule has 166 valence electrons. The summed E-state index contributed by atoms with van der Waals surface area (Å²) in [6.45, 7) is 9.16. The third-order valence-corrected chi connectivity index (χ3v) is 11.0. The lowest BCUT2D eigenvalue weighted by atomic mass is 9.80. The number of rotatable bonds is 3. The molecule has 1 spiro atoms. The summed E-state index contributed by atoms with van der Waals surface area (Å²) in [4.78, 5) is 0. The zero-order chi connectivity index (χ0) is 22.3. The maximum Gasteiger partial charge on any atom is -0.00837 e. The number of hydrogen-bond donors (Lipinski definition) is 0. The molecule has 0 N–H and O–H groups in total. The fourth-order valence-electron chi connectivity index (χ4n) is 6.60. The van der Waals surface area contributed by atoms with Crippen molar-refractivity contribution >= 4 is 13.2 Å². The first kappa shape index (κ1) is 21.9. The van der Waals surface area contributed by atoms with Gasteiger partial charge in [-0.1, -0.05) is 75.4 Å². The van der Waals surface area contributed by atoms with Gasteiger partial charge < -0.3 is 0 Å². The van der Waals surface area contributed by atoms with E-state index in [0.29, 0.717) is 5.41 Å². The van der Waals surface area contributed by atoms with Gasteiger partial charge in [-0.2, -0.15) is 0 Å². The van der Waals surface area contributed by atoms with E-state index in [2.05, 4.69) is 82.3 Å². The molecule has 2 fully saturated rings. The van der Waals surface area contributed by atoms with Crippen molar-refractivity contribution in [2.24, 2.45) is 5.41 Å². The van der Waals surface area contributed by atoms with Crippen molar-refractivity contribution < 1.29 is 0 Å². The van der Waals surface area contributed by atoms with Gasteiger partial charge in [-0.3, -0.25) is 0 Å². The van der Waals surface area contributed by atoms with Crippen LogP contribution in [-0.2, 0) is 0 Å². The lowest BCUT2D eigenvalue weighted by Crippen LogP contribution is -2.27. The number of hydrogen-bond acceptors (Lipinski definition) is 0. The first-order valence-corrected chi connectivity index (χ1v) is 14.2. The van der Waals surface area contributed by atoms with E-state index in [1.807, 2.05) is 0 Å². The molecule has 1 heterocycles. The molecule has 0 atom stereocenters. The van der Waals surface area contributed by atoms with Gasteiger partial charge in [0.25, 0.3) is 0 Å². The average molecular weight is 441 g/mol. The van der Waals surface area contributed by atoms with E-state index < -0.39 is 0 Å². The lowest BCUT2D eigenvalue weighted by molar-refractivity contribution is 0.269. The molecule has 1 heteroatoms. The second kappa shape index (κ2) is 8.79. The zero-order valence-electron chi connectivity index (χ0n) is 20.3. The number of aryl methyl sites for hydroxylation is 4. The van der Waals surface area contributed by atoms with E-state index in [9.17, 15) is 0 Å². The monoisotopic (exact) mass is 440 g/mol. The highest BCUT2D eigenvalue weighted by Gasteiger charge is 2.38. The van der Waals surface area contributed by atoms with Crippen LogP contribution in [0.25, 0.3) is 22.3 Å². The highest BCUT2D eigenvalue weighted by Crippen LogP contribution is 2.56. The molecule has 2 aliphatic rings. The smallest absolute Gasteiger partial charge is 0.00837 e. The Morgan fingerprint density at radius 1 is 0.562 bits per heavy atom. The summed E-state index contributed by atoms with van der Waals surface area (Å²) < 4.78 is 0. The highest BCUT2D eigenvalue weighted by molar-refractivity contribution is 7.66. The minimum atomic E-state index is -0.147. The van der Waals surface area contributed by atoms with Crippen molar-refractivity contribution in [3.05, 3.63) is 76.9 Å². The maximum atomic E-state index is 2.42. The van der Waals surface area contributed by atoms with Crippen molar-refractivity contribution in [1.82, 2.24) is 0 Å². The quantitative estimate of drug-likeness (QED) is 0.357. The van der Waals surface area contributed by atoms with Gasteiger partial charge in [-0.05, 0) is 121 Å². The van der Waals surface area contributed by atoms with Gasteiger partial charge in [0.05, 0.1) is 0 Å². The van der Waals surface area contributed by atoms with E-state index in [-0.39, 0.29) is 7.92 Å². The highest BCUT2D eigenvalue weighted by atomic mass is 31.1. The molecule has 1 aliphatic carbocycles. The van der Waals surface area contributed by atoms with Crippen LogP contribution in [0.2, 0.25) is 0 Å². The third kappa shape index (κ3) is 3.86. The van der Waals surface area contributed by atoms with Crippen molar-refractivity contribution in [2.45, 2.75) is 66.2 Å². The van der Waals surface area contributed by atoms with E-state index in [4.69, 9.17) is 0 Å². The fraction of sp³-hybridized carbons (Fsp3) is 0.419. The van der Waals surface area contributed by atoms with Gasteiger partial charge in [-0.15, -0.1) is 0 Å². The first-order chi connectivity index (χ1) is 15.5. The van der Waals surface area contributed by atoms with Crippen LogP contribution < -0.4 is 5.30 Å². The summed E-state index contributed by atoms with van der Waals surface area (Å²) in [5.74, 6) is 0. The summed E-state index contributed by atoms with van der Waals surface area (Å²) in [6.07, 6.45) is 11.6. The molecule has 5 rings (SSSR count). The lowest BCUT2D eigenvalue weighted by Gasteiger charge is -2.39. The third-order valence-electron chi connectivity index (χ3n) is 8.34. The molecule has 3 aromatic rings. The van der Waals surface area contributed by atoms with Gasteiger partial charge in [0.2, 0.25) is 0 Å². The molecular formula is C31H37P. The van der Waals surface area contributed by atoms with Gasteiger partial charge in [-0.25, -0.2) is 0 Å². The van der Waals surface area contributed by atoms with Crippen LogP contribution >= 0.6 is 7.92 Å². The molecule has 0 unspecified atom stereocenters. The van der Waals surface area contributed by atoms with E-state index in [1.165, 1.54) is 95.4 Å². The second-order valence-corrected chi connectivity index (χ2v) is 12.9. The molecule has 1 aliphatic heterocycles. The molecule has 0 bridgehead atoms. The van der Waals surface area contributed by atoms with Crippen molar-refractivity contribution in [1.29, 1.82) is 0 Å². The second-order valence-electron chi connectivity index (χ2n) is 10.4. The summed E-state index contributed by atoms with van der Waals surface area (Å²) in [5.41, 5.74) is 12.3. The standard InChI is InChI=1S/C31H37P/c1-22-10-7-11-23(2)28(22)26-14-9-15-27(29-24(3)12-8-13-25(29)4)30(26)32-20-18-31(19-21-32)16-5-6-17-31/h7-15H,5-6,16-21H2,1-4H3. The van der Waals surface area contributed by atoms with Gasteiger partial charge >= 0.3 is 0 Å². The summed E-state index contributed by atoms with van der Waals surface area (Å²) >= 11 is 0. The minimum Gasteiger partial charge on any atom is -0.0739 e. The molecule has 0 aromatic heterocycles. The molecular weight excluding hydrogens is 403 g/mol. The van der Waals surface area contributed by atoms with E-state index in [0.717, 1.165) is 0 Å². The van der Waals surface area contributed by atoms with Crippen LogP contribution in [-0.4, -0.2) is 12.3 Å². The van der Waals surface area contributed by atoms with E-state index >= 15 is 0 Å². The Labute approximate surface area is 196 Å². The molecule has 1 saturated carbocycles. The largest absolute Gasteiger partial charge is 0.0739 e. The Bertz CT molecular complexity index is 1010. The van der Waals surface area contributed by atoms with Crippen LogP contribution in [0.4, 0.5) is 0 Å². The summed E-state index contributed by atoms with van der Waals surface area (Å²) in [7, 11) is -0.147. The average Bonchev–Trinajstić information content (AvgIpc) is 3.22. The Hall–Kier alpha value is -1.91. The molecule has 0 radical (unpaired) electrons. The van der Waals surface area contributed by atoms with Crippen LogP contribution in [0.3, 0.4) is 0 Å². The SMILES string of the molecule is Cc1cccc(C)c1-c1cccc(-c2c(C)cccc2C)c1P1CCC2(CCCC2)CC1.